The van der Waals surface area contributed by atoms with E-state index < -0.39 is 0 Å². The second kappa shape index (κ2) is 7.32. The molecular weight excluding hydrogens is 338 g/mol. The minimum absolute atomic E-state index is 0.0442. The molecule has 6 heteroatoms. The van der Waals surface area contributed by atoms with Crippen molar-refractivity contribution in [1.82, 2.24) is 15.3 Å². The zero-order valence-corrected chi connectivity index (χ0v) is 15.3. The Morgan fingerprint density at radius 3 is 2.89 bits per heavy atom. The second-order valence-electron chi connectivity index (χ2n) is 7.05. The second-order valence-corrected chi connectivity index (χ2v) is 7.05. The van der Waals surface area contributed by atoms with Crippen LogP contribution in [0.5, 0.6) is 0 Å². The van der Waals surface area contributed by atoms with Gasteiger partial charge in [0.05, 0.1) is 11.4 Å². The number of carbonyl (C=O) groups is 1. The summed E-state index contributed by atoms with van der Waals surface area (Å²) in [5, 5.41) is 7.27. The molecule has 1 saturated heterocycles. The summed E-state index contributed by atoms with van der Waals surface area (Å²) in [6, 6.07) is 14.0. The first kappa shape index (κ1) is 17.4. The predicted molar refractivity (Wildman–Crippen MR) is 108 cm³/mol. The van der Waals surface area contributed by atoms with E-state index in [1.165, 1.54) is 6.33 Å². The summed E-state index contributed by atoms with van der Waals surface area (Å²) >= 11 is 0. The van der Waals surface area contributed by atoms with Crippen LogP contribution in [0.4, 0.5) is 11.5 Å². The molecule has 1 amide bonds. The molecule has 138 valence electrons. The highest BCUT2D eigenvalue weighted by atomic mass is 16.1. The zero-order valence-electron chi connectivity index (χ0n) is 15.3. The summed E-state index contributed by atoms with van der Waals surface area (Å²) in [4.78, 5) is 20.9. The van der Waals surface area contributed by atoms with Crippen LogP contribution in [0.15, 0.2) is 48.8 Å². The average Bonchev–Trinajstić information content (AvgIpc) is 3.22. The SMILES string of the molecule is CC(C(=O)Nc1cccc(-c2ccc3ncnc(N)c3c2)c1)C1CCCN1. The van der Waals surface area contributed by atoms with Gasteiger partial charge >= 0.3 is 0 Å². The molecule has 0 aliphatic carbocycles. The van der Waals surface area contributed by atoms with Crippen LogP contribution in [-0.4, -0.2) is 28.5 Å². The first-order valence-corrected chi connectivity index (χ1v) is 9.27. The highest BCUT2D eigenvalue weighted by Crippen LogP contribution is 2.28. The minimum atomic E-state index is -0.0613. The molecular formula is C21H23N5O. The largest absolute Gasteiger partial charge is 0.383 e. The quantitative estimate of drug-likeness (QED) is 0.663. The molecule has 1 aliphatic heterocycles. The van der Waals surface area contributed by atoms with E-state index in [0.29, 0.717) is 5.82 Å². The van der Waals surface area contributed by atoms with Crippen molar-refractivity contribution in [2.75, 3.05) is 17.6 Å². The molecule has 2 aromatic carbocycles. The zero-order chi connectivity index (χ0) is 18.8. The van der Waals surface area contributed by atoms with Gasteiger partial charge in [-0.05, 0) is 54.8 Å². The number of anilines is 2. The number of amides is 1. The normalized spacial score (nSPS) is 17.7. The summed E-state index contributed by atoms with van der Waals surface area (Å²) in [7, 11) is 0. The van der Waals surface area contributed by atoms with Crippen LogP contribution in [0.1, 0.15) is 19.8 Å². The van der Waals surface area contributed by atoms with Gasteiger partial charge in [-0.25, -0.2) is 9.97 Å². The molecule has 1 fully saturated rings. The van der Waals surface area contributed by atoms with Gasteiger partial charge in [-0.1, -0.05) is 25.1 Å². The molecule has 2 unspecified atom stereocenters. The van der Waals surface area contributed by atoms with Gasteiger partial charge in [0.15, 0.2) is 0 Å². The number of carbonyl (C=O) groups excluding carboxylic acids is 1. The van der Waals surface area contributed by atoms with Crippen LogP contribution < -0.4 is 16.4 Å². The van der Waals surface area contributed by atoms with Gasteiger partial charge in [0.25, 0.3) is 0 Å². The predicted octanol–water partition coefficient (Wildman–Crippen LogP) is 3.21. The lowest BCUT2D eigenvalue weighted by Crippen LogP contribution is -2.36. The third-order valence-corrected chi connectivity index (χ3v) is 5.25. The van der Waals surface area contributed by atoms with Crippen molar-refractivity contribution in [2.45, 2.75) is 25.8 Å². The van der Waals surface area contributed by atoms with Gasteiger partial charge in [0.2, 0.25) is 5.91 Å². The van der Waals surface area contributed by atoms with Crippen LogP contribution >= 0.6 is 0 Å². The number of fused-ring (bicyclic) bond motifs is 1. The van der Waals surface area contributed by atoms with E-state index in [9.17, 15) is 4.79 Å². The molecule has 27 heavy (non-hydrogen) atoms. The Morgan fingerprint density at radius 2 is 2.07 bits per heavy atom. The van der Waals surface area contributed by atoms with E-state index in [4.69, 9.17) is 5.73 Å². The summed E-state index contributed by atoms with van der Waals surface area (Å²) in [6.45, 7) is 2.97. The van der Waals surface area contributed by atoms with Gasteiger partial charge in [0.1, 0.15) is 12.1 Å². The summed E-state index contributed by atoms with van der Waals surface area (Å²) < 4.78 is 0. The van der Waals surface area contributed by atoms with Crippen molar-refractivity contribution in [3.63, 3.8) is 0 Å². The first-order chi connectivity index (χ1) is 13.1. The lowest BCUT2D eigenvalue weighted by molar-refractivity contribution is -0.120. The number of nitrogens with one attached hydrogen (secondary N) is 2. The highest BCUT2D eigenvalue weighted by molar-refractivity contribution is 5.94. The highest BCUT2D eigenvalue weighted by Gasteiger charge is 2.26. The first-order valence-electron chi connectivity index (χ1n) is 9.27. The van der Waals surface area contributed by atoms with Crippen molar-refractivity contribution in [3.05, 3.63) is 48.8 Å². The summed E-state index contributed by atoms with van der Waals surface area (Å²) in [6.07, 6.45) is 3.65. The third-order valence-electron chi connectivity index (χ3n) is 5.25. The van der Waals surface area contributed by atoms with Gasteiger partial charge in [-0.3, -0.25) is 4.79 Å². The van der Waals surface area contributed by atoms with E-state index in [2.05, 4.69) is 20.6 Å². The van der Waals surface area contributed by atoms with Crippen LogP contribution in [0, 0.1) is 5.92 Å². The molecule has 2 atom stereocenters. The fraction of sp³-hybridized carbons (Fsp3) is 0.286. The number of benzene rings is 2. The van der Waals surface area contributed by atoms with E-state index in [-0.39, 0.29) is 17.9 Å². The minimum Gasteiger partial charge on any atom is -0.383 e. The van der Waals surface area contributed by atoms with E-state index in [1.54, 1.807) is 0 Å². The topological polar surface area (TPSA) is 92.9 Å². The van der Waals surface area contributed by atoms with E-state index >= 15 is 0 Å². The Hall–Kier alpha value is -2.99. The molecule has 3 aromatic rings. The number of nitrogens with zero attached hydrogens (tertiary/aromatic N) is 2. The molecule has 4 rings (SSSR count). The monoisotopic (exact) mass is 361 g/mol. The van der Waals surface area contributed by atoms with Crippen molar-refractivity contribution in [3.8, 4) is 11.1 Å². The molecule has 0 saturated carbocycles. The maximum absolute atomic E-state index is 12.6. The van der Waals surface area contributed by atoms with Gasteiger partial charge in [0, 0.05) is 17.1 Å². The molecule has 4 N–H and O–H groups in total. The maximum atomic E-state index is 12.6. The molecule has 0 spiro atoms. The Labute approximate surface area is 158 Å². The van der Waals surface area contributed by atoms with E-state index in [0.717, 1.165) is 47.1 Å². The van der Waals surface area contributed by atoms with Crippen molar-refractivity contribution in [1.29, 1.82) is 0 Å². The van der Waals surface area contributed by atoms with Crippen molar-refractivity contribution < 1.29 is 4.79 Å². The Kier molecular flexibility index (Phi) is 4.73. The van der Waals surface area contributed by atoms with Crippen molar-refractivity contribution in [2.24, 2.45) is 5.92 Å². The summed E-state index contributed by atoms with van der Waals surface area (Å²) in [5.41, 5.74) is 9.59. The van der Waals surface area contributed by atoms with Gasteiger partial charge < -0.3 is 16.4 Å². The molecule has 0 radical (unpaired) electrons. The van der Waals surface area contributed by atoms with Crippen LogP contribution in [0.2, 0.25) is 0 Å². The number of rotatable bonds is 4. The Bertz CT molecular complexity index is 981. The van der Waals surface area contributed by atoms with Crippen LogP contribution in [-0.2, 0) is 4.79 Å². The third kappa shape index (κ3) is 3.61. The van der Waals surface area contributed by atoms with Crippen molar-refractivity contribution >= 4 is 28.3 Å². The standard InChI is InChI=1S/C21H23N5O/c1-13(18-6-3-9-23-18)21(27)26-16-5-2-4-14(10-16)15-7-8-19-17(11-15)20(22)25-12-24-19/h2,4-5,7-8,10-13,18,23H,3,6,9H2,1H3,(H,26,27)(H2,22,24,25). The van der Waals surface area contributed by atoms with Crippen LogP contribution in [0.3, 0.4) is 0 Å². The molecule has 0 bridgehead atoms. The summed E-state index contributed by atoms with van der Waals surface area (Å²) in [5.74, 6) is 0.445. The number of hydrogen-bond acceptors (Lipinski definition) is 5. The lowest BCUT2D eigenvalue weighted by atomic mass is 9.99. The van der Waals surface area contributed by atoms with Gasteiger partial charge in [-0.15, -0.1) is 0 Å². The fourth-order valence-electron chi connectivity index (χ4n) is 3.61. The van der Waals surface area contributed by atoms with Crippen LogP contribution in [0.25, 0.3) is 22.0 Å². The maximum Gasteiger partial charge on any atom is 0.228 e. The number of aromatic nitrogens is 2. The van der Waals surface area contributed by atoms with Gasteiger partial charge in [-0.2, -0.15) is 0 Å². The number of hydrogen-bond donors (Lipinski definition) is 3. The molecule has 1 aromatic heterocycles. The molecule has 1 aliphatic rings. The average molecular weight is 361 g/mol. The lowest BCUT2D eigenvalue weighted by Gasteiger charge is -2.19. The number of nitrogen functional groups attached to an aromatic ring is 1. The fourth-order valence-corrected chi connectivity index (χ4v) is 3.61. The Morgan fingerprint density at radius 1 is 1.22 bits per heavy atom. The Balaban J connectivity index is 1.57. The molecule has 2 heterocycles. The molecule has 6 nitrogen and oxygen atoms in total. The van der Waals surface area contributed by atoms with E-state index in [1.807, 2.05) is 49.4 Å². The smallest absolute Gasteiger partial charge is 0.228 e. The number of nitrogens with two attached hydrogens (primary N) is 1.